The summed E-state index contributed by atoms with van der Waals surface area (Å²) in [6, 6.07) is 0. The lowest BCUT2D eigenvalue weighted by atomic mass is 10.4. The highest BCUT2D eigenvalue weighted by Crippen LogP contribution is 1.86. The van der Waals surface area contributed by atoms with Crippen molar-refractivity contribution in [1.29, 1.82) is 0 Å². The molecule has 1 unspecified atom stereocenters. The van der Waals surface area contributed by atoms with E-state index in [-0.39, 0.29) is 19.8 Å². The summed E-state index contributed by atoms with van der Waals surface area (Å²) in [5.41, 5.74) is 0. The molecule has 0 saturated heterocycles. The molecule has 0 aliphatic carbocycles. The summed E-state index contributed by atoms with van der Waals surface area (Å²) >= 11 is 0. The highest BCUT2D eigenvalue weighted by molar-refractivity contribution is 4.49. The van der Waals surface area contributed by atoms with Crippen LogP contribution in [-0.2, 0) is 14.2 Å². The second kappa shape index (κ2) is 9.88. The number of rotatable bonds is 9. The second-order valence-electron chi connectivity index (χ2n) is 2.52. The topological polar surface area (TPSA) is 68.2 Å². The molecule has 2 N–H and O–H groups in total. The van der Waals surface area contributed by atoms with Gasteiger partial charge in [0.1, 0.15) is 6.10 Å². The van der Waals surface area contributed by atoms with Gasteiger partial charge in [-0.05, 0) is 0 Å². The molecule has 0 amide bonds. The van der Waals surface area contributed by atoms with E-state index in [0.717, 1.165) is 0 Å². The number of aliphatic hydroxyl groups is 2. The molecule has 0 heterocycles. The van der Waals surface area contributed by atoms with E-state index in [2.05, 4.69) is 0 Å². The van der Waals surface area contributed by atoms with Crippen molar-refractivity contribution >= 4 is 0 Å². The molecule has 13 heavy (non-hydrogen) atoms. The summed E-state index contributed by atoms with van der Waals surface area (Å²) in [6.45, 7) is 1.71. The first kappa shape index (κ1) is 12.8. The number of aliphatic hydroxyl groups excluding tert-OH is 2. The monoisotopic (exact) mass is 194 g/mol. The molecule has 0 aromatic heterocycles. The number of hydrogen-bond donors (Lipinski definition) is 2. The zero-order valence-electron chi connectivity index (χ0n) is 7.94. The van der Waals surface area contributed by atoms with Crippen molar-refractivity contribution in [3.63, 3.8) is 0 Å². The number of ether oxygens (including phenoxy) is 3. The van der Waals surface area contributed by atoms with Crippen LogP contribution in [0.15, 0.2) is 0 Å². The van der Waals surface area contributed by atoms with Gasteiger partial charge in [0, 0.05) is 7.11 Å². The van der Waals surface area contributed by atoms with E-state index >= 15 is 0 Å². The highest BCUT2D eigenvalue weighted by atomic mass is 16.5. The molecule has 0 aliphatic rings. The van der Waals surface area contributed by atoms with E-state index in [4.69, 9.17) is 24.4 Å². The maximum atomic E-state index is 9.12. The van der Waals surface area contributed by atoms with E-state index in [1.54, 1.807) is 0 Å². The van der Waals surface area contributed by atoms with Crippen LogP contribution in [0.25, 0.3) is 0 Å². The predicted molar refractivity (Wildman–Crippen MR) is 46.6 cm³/mol. The molecule has 5 nitrogen and oxygen atoms in total. The van der Waals surface area contributed by atoms with E-state index in [9.17, 15) is 0 Å². The van der Waals surface area contributed by atoms with Crippen LogP contribution in [0.2, 0.25) is 0 Å². The fraction of sp³-hybridized carbons (Fsp3) is 1.00. The molecular weight excluding hydrogens is 176 g/mol. The Labute approximate surface area is 78.2 Å². The van der Waals surface area contributed by atoms with Gasteiger partial charge >= 0.3 is 0 Å². The molecule has 1 atom stereocenters. The Bertz CT molecular complexity index is 98.5. The van der Waals surface area contributed by atoms with Crippen molar-refractivity contribution in [2.75, 3.05) is 46.8 Å². The first-order chi connectivity index (χ1) is 6.31. The van der Waals surface area contributed by atoms with Gasteiger partial charge in [0.05, 0.1) is 39.6 Å². The van der Waals surface area contributed by atoms with Crippen LogP contribution in [0.1, 0.15) is 0 Å². The molecule has 0 radical (unpaired) electrons. The minimum absolute atomic E-state index is 0.0201. The maximum absolute atomic E-state index is 9.12. The number of hydrogen-bond acceptors (Lipinski definition) is 5. The molecule has 0 bridgehead atoms. The van der Waals surface area contributed by atoms with Gasteiger partial charge in [-0.15, -0.1) is 0 Å². The van der Waals surface area contributed by atoms with Crippen molar-refractivity contribution in [3.05, 3.63) is 0 Å². The van der Waals surface area contributed by atoms with Gasteiger partial charge < -0.3 is 24.4 Å². The van der Waals surface area contributed by atoms with Crippen molar-refractivity contribution in [2.24, 2.45) is 0 Å². The SMILES string of the molecule is COCC(O)COCCOCCO. The van der Waals surface area contributed by atoms with Crippen molar-refractivity contribution < 1.29 is 24.4 Å². The summed E-state index contributed by atoms with van der Waals surface area (Å²) < 4.78 is 14.7. The largest absolute Gasteiger partial charge is 0.394 e. The third-order valence-corrected chi connectivity index (χ3v) is 1.28. The molecule has 0 aliphatic heterocycles. The van der Waals surface area contributed by atoms with Gasteiger partial charge in [0.15, 0.2) is 0 Å². The Morgan fingerprint density at radius 1 is 1.08 bits per heavy atom. The van der Waals surface area contributed by atoms with Crippen molar-refractivity contribution in [1.82, 2.24) is 0 Å². The highest BCUT2D eigenvalue weighted by Gasteiger charge is 2.02. The van der Waals surface area contributed by atoms with E-state index in [0.29, 0.717) is 19.8 Å². The fourth-order valence-electron chi connectivity index (χ4n) is 0.744. The third-order valence-electron chi connectivity index (χ3n) is 1.28. The van der Waals surface area contributed by atoms with Crippen molar-refractivity contribution in [3.8, 4) is 0 Å². The molecular formula is C8H18O5. The molecule has 0 aromatic carbocycles. The van der Waals surface area contributed by atoms with Gasteiger partial charge in [-0.3, -0.25) is 0 Å². The van der Waals surface area contributed by atoms with Gasteiger partial charge in [0.25, 0.3) is 0 Å². The number of methoxy groups -OCH3 is 1. The Balaban J connectivity index is 2.97. The molecule has 0 spiro atoms. The predicted octanol–water partition coefficient (Wildman–Crippen LogP) is -0.981. The average Bonchev–Trinajstić information content (AvgIpc) is 2.11. The summed E-state index contributed by atoms with van der Waals surface area (Å²) in [5.74, 6) is 0. The lowest BCUT2D eigenvalue weighted by molar-refractivity contribution is -0.0256. The zero-order chi connectivity index (χ0) is 9.94. The van der Waals surface area contributed by atoms with Gasteiger partial charge in [-0.2, -0.15) is 0 Å². The lowest BCUT2D eigenvalue weighted by Gasteiger charge is -2.09. The first-order valence-electron chi connectivity index (χ1n) is 4.24. The van der Waals surface area contributed by atoms with Crippen LogP contribution in [0, 0.1) is 0 Å². The summed E-state index contributed by atoms with van der Waals surface area (Å²) in [7, 11) is 1.52. The minimum Gasteiger partial charge on any atom is -0.394 e. The van der Waals surface area contributed by atoms with Gasteiger partial charge in [-0.1, -0.05) is 0 Å². The molecule has 5 heteroatoms. The Hall–Kier alpha value is -0.200. The van der Waals surface area contributed by atoms with E-state index in [1.165, 1.54) is 7.11 Å². The van der Waals surface area contributed by atoms with Crippen LogP contribution >= 0.6 is 0 Å². The van der Waals surface area contributed by atoms with Crippen LogP contribution in [0.4, 0.5) is 0 Å². The Kier molecular flexibility index (Phi) is 9.73. The van der Waals surface area contributed by atoms with Crippen LogP contribution in [0.5, 0.6) is 0 Å². The second-order valence-corrected chi connectivity index (χ2v) is 2.52. The van der Waals surface area contributed by atoms with Gasteiger partial charge in [-0.25, -0.2) is 0 Å². The molecule has 0 aromatic rings. The first-order valence-corrected chi connectivity index (χ1v) is 4.24. The summed E-state index contributed by atoms with van der Waals surface area (Å²) in [5, 5.41) is 17.5. The standard InChI is InChI=1S/C8H18O5/c1-11-6-8(10)7-13-5-4-12-3-2-9/h8-10H,2-7H2,1H3. The Morgan fingerprint density at radius 3 is 2.38 bits per heavy atom. The molecule has 0 saturated carbocycles. The smallest absolute Gasteiger partial charge is 0.101 e. The van der Waals surface area contributed by atoms with E-state index < -0.39 is 6.10 Å². The van der Waals surface area contributed by atoms with E-state index in [1.807, 2.05) is 0 Å². The van der Waals surface area contributed by atoms with Crippen LogP contribution < -0.4 is 0 Å². The zero-order valence-corrected chi connectivity index (χ0v) is 7.94. The van der Waals surface area contributed by atoms with Crippen LogP contribution in [-0.4, -0.2) is 63.1 Å². The van der Waals surface area contributed by atoms with Gasteiger partial charge in [0.2, 0.25) is 0 Å². The van der Waals surface area contributed by atoms with Crippen molar-refractivity contribution in [2.45, 2.75) is 6.10 Å². The quantitative estimate of drug-likeness (QED) is 0.462. The van der Waals surface area contributed by atoms with Crippen LogP contribution in [0.3, 0.4) is 0 Å². The normalized spacial score (nSPS) is 13.2. The third kappa shape index (κ3) is 9.72. The lowest BCUT2D eigenvalue weighted by Crippen LogP contribution is -2.22. The average molecular weight is 194 g/mol. The molecule has 80 valence electrons. The summed E-state index contributed by atoms with van der Waals surface area (Å²) in [4.78, 5) is 0. The fourth-order valence-corrected chi connectivity index (χ4v) is 0.744. The molecule has 0 rings (SSSR count). The Morgan fingerprint density at radius 2 is 1.77 bits per heavy atom. The molecule has 0 fully saturated rings. The summed E-state index contributed by atoms with van der Waals surface area (Å²) in [6.07, 6.45) is -0.581. The minimum atomic E-state index is -0.581. The maximum Gasteiger partial charge on any atom is 0.101 e.